The van der Waals surface area contributed by atoms with Gasteiger partial charge in [-0.1, -0.05) is 12.1 Å². The highest BCUT2D eigenvalue weighted by molar-refractivity contribution is 7.80. The largest absolute Gasteiger partial charge is 0.469 e. The van der Waals surface area contributed by atoms with Crippen LogP contribution in [-0.4, -0.2) is 44.2 Å². The summed E-state index contributed by atoms with van der Waals surface area (Å²) in [7, 11) is 1.42. The molecule has 3 aromatic heterocycles. The van der Waals surface area contributed by atoms with Gasteiger partial charge in [0.05, 0.1) is 24.9 Å². The number of rotatable bonds is 8. The number of esters is 1. The van der Waals surface area contributed by atoms with Crippen molar-refractivity contribution in [3.05, 3.63) is 83.2 Å². The molecule has 1 saturated heterocycles. The lowest BCUT2D eigenvalue weighted by Crippen LogP contribution is -2.31. The van der Waals surface area contributed by atoms with Crippen LogP contribution >= 0.6 is 12.2 Å². The number of pyridine rings is 2. The summed E-state index contributed by atoms with van der Waals surface area (Å²) in [4.78, 5) is 22.7. The highest BCUT2D eigenvalue weighted by Crippen LogP contribution is 2.41. The molecule has 1 aliphatic heterocycles. The lowest BCUT2D eigenvalue weighted by Gasteiger charge is -2.28. The van der Waals surface area contributed by atoms with E-state index in [4.69, 9.17) is 17.0 Å². The molecule has 0 spiro atoms. The fraction of sp³-hybridized carbons (Fsp3) is 0.360. The molecule has 0 radical (unpaired) electrons. The van der Waals surface area contributed by atoms with Gasteiger partial charge in [0.1, 0.15) is 0 Å². The summed E-state index contributed by atoms with van der Waals surface area (Å²) in [6.07, 6.45) is 6.52. The van der Waals surface area contributed by atoms with Gasteiger partial charge in [0.25, 0.3) is 0 Å². The van der Waals surface area contributed by atoms with Crippen LogP contribution in [0.25, 0.3) is 0 Å². The summed E-state index contributed by atoms with van der Waals surface area (Å²) < 4.78 is 7.13. The van der Waals surface area contributed by atoms with E-state index in [1.807, 2.05) is 36.7 Å². The molecule has 172 valence electrons. The molecule has 3 aromatic rings. The van der Waals surface area contributed by atoms with Gasteiger partial charge in [0.2, 0.25) is 0 Å². The summed E-state index contributed by atoms with van der Waals surface area (Å²) in [5, 5.41) is 4.16. The Hall–Kier alpha value is -3.26. The van der Waals surface area contributed by atoms with E-state index >= 15 is 0 Å². The molecule has 4 rings (SSSR count). The number of aryl methyl sites for hydroxylation is 1. The molecule has 0 unspecified atom stereocenters. The van der Waals surface area contributed by atoms with Gasteiger partial charge in [-0.25, -0.2) is 0 Å². The predicted molar refractivity (Wildman–Crippen MR) is 131 cm³/mol. The number of hydrogen-bond acceptors (Lipinski definition) is 5. The van der Waals surface area contributed by atoms with Gasteiger partial charge < -0.3 is 19.5 Å². The van der Waals surface area contributed by atoms with Gasteiger partial charge in [-0.15, -0.1) is 0 Å². The lowest BCUT2D eigenvalue weighted by atomic mass is 9.96. The average molecular weight is 464 g/mol. The van der Waals surface area contributed by atoms with Gasteiger partial charge in [-0.3, -0.25) is 14.8 Å². The van der Waals surface area contributed by atoms with Crippen LogP contribution in [0.2, 0.25) is 0 Å². The van der Waals surface area contributed by atoms with Crippen molar-refractivity contribution in [2.24, 2.45) is 0 Å². The quantitative estimate of drug-likeness (QED) is 0.402. The average Bonchev–Trinajstić information content (AvgIpc) is 3.30. The Labute approximate surface area is 199 Å². The SMILES string of the molecule is COC(=O)CCCN1C(=S)N[C@H](c2ccccn2)[C@@H]1c1cc(C)n(Cc2cccnc2)c1C. The zero-order chi connectivity index (χ0) is 23.4. The number of carbonyl (C=O) groups is 1. The molecule has 1 N–H and O–H groups in total. The molecule has 2 atom stereocenters. The lowest BCUT2D eigenvalue weighted by molar-refractivity contribution is -0.140. The number of nitrogens with zero attached hydrogens (tertiary/aromatic N) is 4. The van der Waals surface area contributed by atoms with Crippen molar-refractivity contribution in [3.8, 4) is 0 Å². The normalized spacial score (nSPS) is 17.8. The first kappa shape index (κ1) is 22.9. The molecule has 1 fully saturated rings. The Morgan fingerprint density at radius 3 is 2.76 bits per heavy atom. The van der Waals surface area contributed by atoms with Crippen LogP contribution in [0.5, 0.6) is 0 Å². The minimum absolute atomic E-state index is 0.0288. The summed E-state index contributed by atoms with van der Waals surface area (Å²) >= 11 is 5.75. The maximum Gasteiger partial charge on any atom is 0.305 e. The second-order valence-electron chi connectivity index (χ2n) is 8.27. The topological polar surface area (TPSA) is 72.3 Å². The zero-order valence-corrected chi connectivity index (χ0v) is 20.0. The zero-order valence-electron chi connectivity index (χ0n) is 19.2. The fourth-order valence-corrected chi connectivity index (χ4v) is 4.86. The monoisotopic (exact) mass is 463 g/mol. The molecule has 7 nitrogen and oxygen atoms in total. The molecule has 8 heteroatoms. The Balaban J connectivity index is 1.69. The van der Waals surface area contributed by atoms with Crippen molar-refractivity contribution in [1.82, 2.24) is 24.8 Å². The third kappa shape index (κ3) is 4.90. The number of ether oxygens (including phenoxy) is 1. The number of hydrogen-bond donors (Lipinski definition) is 1. The Morgan fingerprint density at radius 2 is 2.06 bits per heavy atom. The van der Waals surface area contributed by atoms with E-state index in [-0.39, 0.29) is 18.1 Å². The third-order valence-corrected chi connectivity index (χ3v) is 6.55. The Morgan fingerprint density at radius 1 is 1.21 bits per heavy atom. The van der Waals surface area contributed by atoms with Gasteiger partial charge in [0.15, 0.2) is 5.11 Å². The number of aromatic nitrogens is 3. The molecular weight excluding hydrogens is 434 g/mol. The van der Waals surface area contributed by atoms with Gasteiger partial charge in [-0.05, 0) is 67.9 Å². The van der Waals surface area contributed by atoms with Crippen molar-refractivity contribution in [2.45, 2.75) is 45.3 Å². The van der Waals surface area contributed by atoms with Crippen LogP contribution < -0.4 is 5.32 Å². The van der Waals surface area contributed by atoms with Gasteiger partial charge in [0, 0.05) is 49.5 Å². The maximum atomic E-state index is 11.7. The second-order valence-corrected chi connectivity index (χ2v) is 8.66. The van der Waals surface area contributed by atoms with Crippen LogP contribution in [0, 0.1) is 13.8 Å². The first-order chi connectivity index (χ1) is 16.0. The molecule has 0 amide bonds. The molecule has 0 aromatic carbocycles. The van der Waals surface area contributed by atoms with Crippen molar-refractivity contribution >= 4 is 23.3 Å². The summed E-state index contributed by atoms with van der Waals surface area (Å²) in [6, 6.07) is 12.1. The van der Waals surface area contributed by atoms with Crippen molar-refractivity contribution < 1.29 is 9.53 Å². The third-order valence-electron chi connectivity index (χ3n) is 6.20. The van der Waals surface area contributed by atoms with Crippen LogP contribution in [0.4, 0.5) is 0 Å². The predicted octanol–water partition coefficient (Wildman–Crippen LogP) is 3.87. The summed E-state index contributed by atoms with van der Waals surface area (Å²) in [5.41, 5.74) is 5.67. The smallest absolute Gasteiger partial charge is 0.305 e. The molecule has 1 aliphatic rings. The highest BCUT2D eigenvalue weighted by atomic mass is 32.1. The van der Waals surface area contributed by atoms with E-state index < -0.39 is 0 Å². The van der Waals surface area contributed by atoms with E-state index in [0.29, 0.717) is 24.5 Å². The van der Waals surface area contributed by atoms with Crippen molar-refractivity contribution in [3.63, 3.8) is 0 Å². The first-order valence-corrected chi connectivity index (χ1v) is 11.5. The van der Waals surface area contributed by atoms with Crippen LogP contribution in [-0.2, 0) is 16.1 Å². The van der Waals surface area contributed by atoms with Gasteiger partial charge >= 0.3 is 5.97 Å². The van der Waals surface area contributed by atoms with Crippen LogP contribution in [0.15, 0.2) is 55.0 Å². The number of thiocarbonyl (C=S) groups is 1. The standard InChI is InChI=1S/C25H29N5O2S/c1-17-14-20(18(2)30(17)16-19-8-6-11-26-15-19)24-23(21-9-4-5-12-27-21)28-25(33)29(24)13-7-10-22(31)32-3/h4-6,8-9,11-12,14-15,23-24H,7,10,13,16H2,1-3H3,(H,28,33)/t23-,24+/m1/s1. The first-order valence-electron chi connectivity index (χ1n) is 11.1. The Kier molecular flexibility index (Phi) is 7.03. The fourth-order valence-electron chi connectivity index (χ4n) is 4.53. The maximum absolute atomic E-state index is 11.7. The van der Waals surface area contributed by atoms with E-state index in [9.17, 15) is 4.79 Å². The Bertz CT molecular complexity index is 1120. The molecule has 4 heterocycles. The highest BCUT2D eigenvalue weighted by Gasteiger charge is 2.41. The number of methoxy groups -OCH3 is 1. The van der Waals surface area contributed by atoms with Crippen molar-refractivity contribution in [1.29, 1.82) is 0 Å². The van der Waals surface area contributed by atoms with Crippen LogP contribution in [0.1, 0.15) is 53.1 Å². The molecule has 0 bridgehead atoms. The van der Waals surface area contributed by atoms with E-state index in [1.54, 1.807) is 6.20 Å². The van der Waals surface area contributed by atoms with Gasteiger partial charge in [-0.2, -0.15) is 0 Å². The molecular formula is C25H29N5O2S. The molecule has 0 aliphatic carbocycles. The van der Waals surface area contributed by atoms with E-state index in [1.165, 1.54) is 24.1 Å². The minimum atomic E-state index is -0.208. The molecule has 0 saturated carbocycles. The second kappa shape index (κ2) is 10.1. The van der Waals surface area contributed by atoms with Crippen molar-refractivity contribution in [2.75, 3.05) is 13.7 Å². The van der Waals surface area contributed by atoms with E-state index in [2.05, 4.69) is 50.7 Å². The van der Waals surface area contributed by atoms with Crippen LogP contribution in [0.3, 0.4) is 0 Å². The number of carbonyl (C=O) groups excluding carboxylic acids is 1. The summed E-state index contributed by atoms with van der Waals surface area (Å²) in [6.45, 7) is 5.70. The minimum Gasteiger partial charge on any atom is -0.469 e. The number of nitrogens with one attached hydrogen (secondary N) is 1. The molecule has 33 heavy (non-hydrogen) atoms. The van der Waals surface area contributed by atoms with E-state index in [0.717, 1.165) is 17.8 Å². The summed E-state index contributed by atoms with van der Waals surface area (Å²) in [5.74, 6) is -0.208.